The van der Waals surface area contributed by atoms with Gasteiger partial charge in [-0.1, -0.05) is 0 Å². The lowest BCUT2D eigenvalue weighted by Gasteiger charge is -2.35. The number of aromatic nitrogens is 2. The Balaban J connectivity index is 2.12. The van der Waals surface area contributed by atoms with E-state index in [9.17, 15) is 9.59 Å². The molecule has 2 aromatic heterocycles. The van der Waals surface area contributed by atoms with Gasteiger partial charge in [-0.25, -0.2) is 4.79 Å². The van der Waals surface area contributed by atoms with Crippen molar-refractivity contribution in [3.63, 3.8) is 0 Å². The number of nitrogens with one attached hydrogen (secondary N) is 1. The van der Waals surface area contributed by atoms with Crippen molar-refractivity contribution in [2.24, 2.45) is 5.73 Å². The Kier molecular flexibility index (Phi) is 6.48. The fourth-order valence-corrected chi connectivity index (χ4v) is 4.81. The summed E-state index contributed by atoms with van der Waals surface area (Å²) >= 11 is 1.50. The van der Waals surface area contributed by atoms with Crippen molar-refractivity contribution >= 4 is 21.6 Å². The number of nitrogens with zero attached hydrogens (tertiary/aromatic N) is 2. The Morgan fingerprint density at radius 3 is 2.67 bits per heavy atom. The van der Waals surface area contributed by atoms with Crippen LogP contribution in [0.5, 0.6) is 0 Å². The van der Waals surface area contributed by atoms with Crippen molar-refractivity contribution in [1.29, 1.82) is 0 Å². The molecule has 0 aromatic carbocycles. The van der Waals surface area contributed by atoms with Crippen LogP contribution in [0, 0.1) is 6.92 Å². The molecule has 2 aromatic rings. The quantitative estimate of drug-likeness (QED) is 0.602. The van der Waals surface area contributed by atoms with Crippen LogP contribution in [-0.4, -0.2) is 49.2 Å². The monoisotopic (exact) mass is 396 g/mol. The summed E-state index contributed by atoms with van der Waals surface area (Å²) in [4.78, 5) is 28.1. The lowest BCUT2D eigenvalue weighted by atomic mass is 9.89. The first-order valence-corrected chi connectivity index (χ1v) is 10.0. The first-order valence-electron chi connectivity index (χ1n) is 9.23. The Hall–Kier alpha value is -1.52. The van der Waals surface area contributed by atoms with Crippen molar-refractivity contribution in [3.8, 4) is 0 Å². The van der Waals surface area contributed by atoms with Crippen molar-refractivity contribution in [3.05, 3.63) is 31.3 Å². The van der Waals surface area contributed by atoms with E-state index in [2.05, 4.69) is 5.32 Å². The number of nitrogens with two attached hydrogens (primary N) is 1. The van der Waals surface area contributed by atoms with Crippen molar-refractivity contribution in [1.82, 2.24) is 14.5 Å². The molecular formula is C18H28N4O4S. The maximum atomic E-state index is 13.2. The van der Waals surface area contributed by atoms with Crippen LogP contribution in [0.25, 0.3) is 10.2 Å². The van der Waals surface area contributed by atoms with Gasteiger partial charge in [-0.3, -0.25) is 13.9 Å². The second-order valence-electron chi connectivity index (χ2n) is 6.88. The van der Waals surface area contributed by atoms with E-state index in [0.717, 1.165) is 15.3 Å². The molecule has 0 unspecified atom stereocenters. The molecule has 0 atom stereocenters. The lowest BCUT2D eigenvalue weighted by molar-refractivity contribution is 0.00357. The molecule has 27 heavy (non-hydrogen) atoms. The summed E-state index contributed by atoms with van der Waals surface area (Å²) in [6.07, 6.45) is 1.49. The van der Waals surface area contributed by atoms with Crippen LogP contribution in [0.4, 0.5) is 0 Å². The van der Waals surface area contributed by atoms with E-state index in [0.29, 0.717) is 51.0 Å². The minimum Gasteiger partial charge on any atom is -0.383 e. The largest absolute Gasteiger partial charge is 0.383 e. The first kappa shape index (κ1) is 20.2. The molecule has 1 fully saturated rings. The molecule has 9 heteroatoms. The van der Waals surface area contributed by atoms with Crippen LogP contribution in [0.15, 0.2) is 9.59 Å². The van der Waals surface area contributed by atoms with Gasteiger partial charge in [0, 0.05) is 44.8 Å². The van der Waals surface area contributed by atoms with Gasteiger partial charge in [-0.05, 0) is 25.3 Å². The molecule has 0 amide bonds. The molecule has 150 valence electrons. The van der Waals surface area contributed by atoms with E-state index in [1.54, 1.807) is 18.8 Å². The molecule has 8 nitrogen and oxygen atoms in total. The normalized spacial score (nSPS) is 19.6. The predicted molar refractivity (Wildman–Crippen MR) is 107 cm³/mol. The Labute approximate surface area is 161 Å². The highest BCUT2D eigenvalue weighted by molar-refractivity contribution is 7.18. The van der Waals surface area contributed by atoms with Crippen LogP contribution >= 0.6 is 11.3 Å². The SMILES string of the molecule is COCCn1c(=O)n([C@H]2C[C@@H](OC)C2)c(=O)c2c(C)c(CNCCN)sc21. The molecule has 1 saturated carbocycles. The molecular weight excluding hydrogens is 368 g/mol. The summed E-state index contributed by atoms with van der Waals surface area (Å²) in [5.41, 5.74) is 6.03. The Morgan fingerprint density at radius 2 is 2.04 bits per heavy atom. The summed E-state index contributed by atoms with van der Waals surface area (Å²) < 4.78 is 13.6. The van der Waals surface area contributed by atoms with E-state index in [4.69, 9.17) is 15.2 Å². The molecule has 0 saturated heterocycles. The second kappa shape index (κ2) is 8.66. The van der Waals surface area contributed by atoms with Gasteiger partial charge in [-0.2, -0.15) is 0 Å². The minimum atomic E-state index is -0.258. The van der Waals surface area contributed by atoms with Crippen molar-refractivity contribution in [2.75, 3.05) is 33.9 Å². The average Bonchev–Trinajstić information content (AvgIpc) is 2.93. The smallest absolute Gasteiger partial charge is 0.332 e. The topological polar surface area (TPSA) is 101 Å². The third-order valence-electron chi connectivity index (χ3n) is 5.24. The summed E-state index contributed by atoms with van der Waals surface area (Å²) in [5.74, 6) is 0. The number of ether oxygens (including phenoxy) is 2. The predicted octanol–water partition coefficient (Wildman–Crippen LogP) is 0.578. The number of hydrogen-bond acceptors (Lipinski definition) is 7. The van der Waals surface area contributed by atoms with E-state index >= 15 is 0 Å². The fraction of sp³-hybridized carbons (Fsp3) is 0.667. The zero-order valence-electron chi connectivity index (χ0n) is 16.1. The van der Waals surface area contributed by atoms with Gasteiger partial charge in [0.1, 0.15) is 4.83 Å². The summed E-state index contributed by atoms with van der Waals surface area (Å²) in [5, 5.41) is 3.91. The van der Waals surface area contributed by atoms with Crippen LogP contribution < -0.4 is 22.3 Å². The number of aryl methyl sites for hydroxylation is 1. The maximum absolute atomic E-state index is 13.2. The van der Waals surface area contributed by atoms with Gasteiger partial charge < -0.3 is 20.5 Å². The molecule has 3 N–H and O–H groups in total. The van der Waals surface area contributed by atoms with Crippen molar-refractivity contribution in [2.45, 2.75) is 45.0 Å². The van der Waals surface area contributed by atoms with Crippen LogP contribution in [0.3, 0.4) is 0 Å². The molecule has 0 radical (unpaired) electrons. The number of thiophene rings is 1. The Morgan fingerprint density at radius 1 is 1.30 bits per heavy atom. The second-order valence-corrected chi connectivity index (χ2v) is 7.96. The van der Waals surface area contributed by atoms with E-state index in [1.165, 1.54) is 15.9 Å². The van der Waals surface area contributed by atoms with Crippen LogP contribution in [0.1, 0.15) is 29.3 Å². The third kappa shape index (κ3) is 3.74. The molecule has 0 bridgehead atoms. The van der Waals surface area contributed by atoms with Crippen LogP contribution in [-0.2, 0) is 22.6 Å². The average molecular weight is 397 g/mol. The summed E-state index contributed by atoms with van der Waals surface area (Å²) in [6.45, 7) is 4.67. The van der Waals surface area contributed by atoms with E-state index in [1.807, 2.05) is 6.92 Å². The van der Waals surface area contributed by atoms with E-state index in [-0.39, 0.29) is 23.4 Å². The first-order chi connectivity index (χ1) is 13.0. The summed E-state index contributed by atoms with van der Waals surface area (Å²) in [6, 6.07) is -0.105. The van der Waals surface area contributed by atoms with Gasteiger partial charge in [-0.15, -0.1) is 11.3 Å². The zero-order valence-corrected chi connectivity index (χ0v) is 16.9. The molecule has 1 aliphatic rings. The maximum Gasteiger partial charge on any atom is 0.332 e. The van der Waals surface area contributed by atoms with Gasteiger partial charge in [0.2, 0.25) is 0 Å². The number of fused-ring (bicyclic) bond motifs is 1. The minimum absolute atomic E-state index is 0.105. The Bertz CT molecular complexity index is 911. The lowest BCUT2D eigenvalue weighted by Crippen LogP contribution is -2.47. The highest BCUT2D eigenvalue weighted by Gasteiger charge is 2.34. The zero-order chi connectivity index (χ0) is 19.6. The van der Waals surface area contributed by atoms with Gasteiger partial charge in [0.15, 0.2) is 0 Å². The van der Waals surface area contributed by atoms with Gasteiger partial charge in [0.25, 0.3) is 5.56 Å². The number of methoxy groups -OCH3 is 2. The van der Waals surface area contributed by atoms with Crippen LogP contribution in [0.2, 0.25) is 0 Å². The molecule has 1 aliphatic carbocycles. The molecule has 0 aliphatic heterocycles. The van der Waals surface area contributed by atoms with Gasteiger partial charge in [0.05, 0.1) is 24.6 Å². The molecule has 2 heterocycles. The highest BCUT2D eigenvalue weighted by atomic mass is 32.1. The van der Waals surface area contributed by atoms with E-state index < -0.39 is 0 Å². The molecule has 0 spiro atoms. The third-order valence-corrected chi connectivity index (χ3v) is 6.55. The van der Waals surface area contributed by atoms with Crippen molar-refractivity contribution < 1.29 is 9.47 Å². The molecule has 3 rings (SSSR count). The summed E-state index contributed by atoms with van der Waals surface area (Å²) in [7, 11) is 3.27. The standard InChI is InChI=1S/C18H28N4O4S/c1-11-14(10-20-5-4-19)27-17-15(11)16(23)22(12-8-13(9-12)26-3)18(24)21(17)6-7-25-2/h12-13,20H,4-10,19H2,1-3H3/t12-,13+. The van der Waals surface area contributed by atoms with Gasteiger partial charge >= 0.3 is 5.69 Å². The fourth-order valence-electron chi connectivity index (χ4n) is 3.53. The number of hydrogen-bond donors (Lipinski definition) is 2. The number of rotatable bonds is 9. The highest BCUT2D eigenvalue weighted by Crippen LogP contribution is 2.34.